The van der Waals surface area contributed by atoms with Crippen molar-refractivity contribution in [3.8, 4) is 0 Å². The molecule has 2 aromatic rings. The molecule has 1 fully saturated rings. The Morgan fingerprint density at radius 3 is 2.44 bits per heavy atom. The number of carbonyl (C=O) groups excluding carboxylic acids is 2. The summed E-state index contributed by atoms with van der Waals surface area (Å²) >= 11 is 7.70. The number of piperazine rings is 1. The van der Waals surface area contributed by atoms with Crippen molar-refractivity contribution in [2.24, 2.45) is 4.99 Å². The maximum Gasteiger partial charge on any atom is 0.234 e. The molecule has 0 radical (unpaired) electrons. The second kappa shape index (κ2) is 12.4. The lowest BCUT2D eigenvalue weighted by Crippen LogP contribution is -2.55. The molecule has 1 saturated heterocycles. The predicted octanol–water partition coefficient (Wildman–Crippen LogP) is 4.77. The highest BCUT2D eigenvalue weighted by molar-refractivity contribution is 7.17. The topological polar surface area (TPSA) is 116 Å². The molecule has 2 aliphatic heterocycles. The zero-order chi connectivity index (χ0) is 28.3. The van der Waals surface area contributed by atoms with E-state index in [0.29, 0.717) is 43.3 Å². The van der Waals surface area contributed by atoms with Crippen LogP contribution >= 0.6 is 22.9 Å². The lowest BCUT2D eigenvalue weighted by molar-refractivity contribution is -0.134. The number of amides is 2. The monoisotopic (exact) mass is 569 g/mol. The van der Waals surface area contributed by atoms with Crippen LogP contribution in [0.25, 0.3) is 0 Å². The molecule has 208 valence electrons. The van der Waals surface area contributed by atoms with Crippen LogP contribution in [0.1, 0.15) is 61.1 Å². The summed E-state index contributed by atoms with van der Waals surface area (Å²) in [6.45, 7) is 9.84. The quantitative estimate of drug-likeness (QED) is 0.329. The number of aliphatic imine (C=N–C) groups is 1. The molecule has 0 saturated carbocycles. The third-order valence-corrected chi connectivity index (χ3v) is 8.59. The van der Waals surface area contributed by atoms with Gasteiger partial charge in [-0.2, -0.15) is 0 Å². The molecule has 3 heterocycles. The highest BCUT2D eigenvalue weighted by Crippen LogP contribution is 2.40. The van der Waals surface area contributed by atoms with Gasteiger partial charge in [-0.25, -0.2) is 5.01 Å². The molecule has 0 unspecified atom stereocenters. The van der Waals surface area contributed by atoms with Gasteiger partial charge in [0.2, 0.25) is 11.8 Å². The number of halogens is 1. The summed E-state index contributed by atoms with van der Waals surface area (Å²) in [6.07, 6.45) is 2.35. The molecule has 3 N–H and O–H groups in total. The standard InChI is InChI=1S/C28H36ClN7O2S/c1-5-6-7-23(37)33-35-14-12-34(13-15-35)24(38)16-22-27(31)36(19(4)30)28-25(17(2)18(3)39-28)26(32-22)20-8-10-21(29)11-9-20/h8-11,22,30-31H,5-7,12-16H2,1-4H3,(H,33,37)/t22-/m0/s1. The minimum Gasteiger partial charge on any atom is -0.340 e. The number of carbonyl (C=O) groups is 2. The lowest BCUT2D eigenvalue weighted by Gasteiger charge is -2.35. The van der Waals surface area contributed by atoms with E-state index in [4.69, 9.17) is 27.4 Å². The van der Waals surface area contributed by atoms with Crippen LogP contribution in [-0.2, 0) is 9.59 Å². The number of aryl methyl sites for hydroxylation is 1. The number of hydrazine groups is 1. The number of amidine groups is 2. The van der Waals surface area contributed by atoms with E-state index in [2.05, 4.69) is 12.3 Å². The van der Waals surface area contributed by atoms with Crippen LogP contribution < -0.4 is 10.3 Å². The first kappa shape index (κ1) is 28.9. The fourth-order valence-electron chi connectivity index (χ4n) is 4.82. The predicted molar refractivity (Wildman–Crippen MR) is 159 cm³/mol. The molecule has 2 amide bonds. The Morgan fingerprint density at radius 2 is 1.82 bits per heavy atom. The number of unbranched alkanes of at least 4 members (excludes halogenated alkanes) is 1. The number of nitrogens with zero attached hydrogens (tertiary/aromatic N) is 4. The number of anilines is 1. The average Bonchev–Trinajstić information content (AvgIpc) is 3.12. The number of hydrogen-bond acceptors (Lipinski definition) is 7. The van der Waals surface area contributed by atoms with Crippen LogP contribution in [0.4, 0.5) is 5.00 Å². The van der Waals surface area contributed by atoms with Crippen molar-refractivity contribution >= 4 is 57.1 Å². The first-order chi connectivity index (χ1) is 18.6. The Hall–Kier alpha value is -3.08. The van der Waals surface area contributed by atoms with E-state index in [1.165, 1.54) is 11.3 Å². The van der Waals surface area contributed by atoms with Gasteiger partial charge in [0, 0.05) is 53.6 Å². The van der Waals surface area contributed by atoms with Gasteiger partial charge in [-0.1, -0.05) is 37.1 Å². The lowest BCUT2D eigenvalue weighted by atomic mass is 9.99. The Morgan fingerprint density at radius 1 is 1.15 bits per heavy atom. The van der Waals surface area contributed by atoms with E-state index in [1.54, 1.807) is 16.7 Å². The smallest absolute Gasteiger partial charge is 0.234 e. The molecule has 0 spiro atoms. The molecule has 11 heteroatoms. The summed E-state index contributed by atoms with van der Waals surface area (Å²) in [7, 11) is 0. The van der Waals surface area contributed by atoms with Crippen molar-refractivity contribution in [3.63, 3.8) is 0 Å². The molecule has 1 aromatic carbocycles. The normalized spacial score (nSPS) is 17.9. The zero-order valence-corrected chi connectivity index (χ0v) is 24.5. The highest BCUT2D eigenvalue weighted by Gasteiger charge is 2.36. The van der Waals surface area contributed by atoms with Crippen LogP contribution in [0.3, 0.4) is 0 Å². The van der Waals surface area contributed by atoms with Gasteiger partial charge in [-0.3, -0.25) is 35.7 Å². The number of hydrogen-bond donors (Lipinski definition) is 3. The summed E-state index contributed by atoms with van der Waals surface area (Å²) in [5, 5.41) is 20.8. The number of rotatable bonds is 7. The van der Waals surface area contributed by atoms with Gasteiger partial charge in [0.1, 0.15) is 22.7 Å². The number of fused-ring (bicyclic) bond motifs is 1. The minimum atomic E-state index is -0.755. The SMILES string of the molecule is CCCCC(=O)NN1CCN(C(=O)C[C@@H]2N=C(c3ccc(Cl)cc3)c3c(sc(C)c3C)N(C(C)=N)C2=N)CC1. The van der Waals surface area contributed by atoms with Crippen molar-refractivity contribution in [3.05, 3.63) is 50.9 Å². The zero-order valence-electron chi connectivity index (χ0n) is 22.9. The molecular formula is C28H36ClN7O2S. The van der Waals surface area contributed by atoms with Crippen LogP contribution in [0, 0.1) is 24.7 Å². The Bertz CT molecular complexity index is 1300. The molecule has 39 heavy (non-hydrogen) atoms. The molecule has 0 aliphatic carbocycles. The molecule has 2 aliphatic rings. The second-order valence-corrected chi connectivity index (χ2v) is 11.6. The maximum atomic E-state index is 13.5. The van der Waals surface area contributed by atoms with E-state index >= 15 is 0 Å². The highest BCUT2D eigenvalue weighted by atomic mass is 35.5. The molecule has 0 bridgehead atoms. The number of benzene rings is 1. The van der Waals surface area contributed by atoms with Crippen molar-refractivity contribution in [2.75, 3.05) is 31.1 Å². The van der Waals surface area contributed by atoms with Gasteiger partial charge in [0.15, 0.2) is 0 Å². The third kappa shape index (κ3) is 6.40. The summed E-state index contributed by atoms with van der Waals surface area (Å²) in [5.74, 6) is 0.235. The van der Waals surface area contributed by atoms with Gasteiger partial charge >= 0.3 is 0 Å². The van der Waals surface area contributed by atoms with Gasteiger partial charge < -0.3 is 4.90 Å². The Kier molecular flexibility index (Phi) is 9.19. The summed E-state index contributed by atoms with van der Waals surface area (Å²) in [4.78, 5) is 35.1. The fourth-order valence-corrected chi connectivity index (χ4v) is 6.17. The van der Waals surface area contributed by atoms with Crippen LogP contribution in [0.15, 0.2) is 29.3 Å². The van der Waals surface area contributed by atoms with Crippen molar-refractivity contribution in [2.45, 2.75) is 59.4 Å². The Labute approximate surface area is 238 Å². The summed E-state index contributed by atoms with van der Waals surface area (Å²) in [5.41, 5.74) is 6.42. The van der Waals surface area contributed by atoms with E-state index in [9.17, 15) is 9.59 Å². The average molecular weight is 570 g/mol. The van der Waals surface area contributed by atoms with E-state index in [-0.39, 0.29) is 29.9 Å². The molecule has 1 aromatic heterocycles. The van der Waals surface area contributed by atoms with Crippen molar-refractivity contribution in [1.29, 1.82) is 10.8 Å². The van der Waals surface area contributed by atoms with Gasteiger partial charge in [0.05, 0.1) is 12.1 Å². The van der Waals surface area contributed by atoms with Gasteiger partial charge in [-0.05, 0) is 44.9 Å². The molecular weight excluding hydrogens is 534 g/mol. The number of nitrogens with one attached hydrogen (secondary N) is 3. The molecule has 4 rings (SSSR count). The van der Waals surface area contributed by atoms with E-state index < -0.39 is 6.04 Å². The molecule has 1 atom stereocenters. The van der Waals surface area contributed by atoms with Gasteiger partial charge in [0.25, 0.3) is 0 Å². The van der Waals surface area contributed by atoms with Crippen molar-refractivity contribution in [1.82, 2.24) is 15.3 Å². The van der Waals surface area contributed by atoms with Gasteiger partial charge in [-0.15, -0.1) is 11.3 Å². The second-order valence-electron chi connectivity index (χ2n) is 9.98. The first-order valence-electron chi connectivity index (χ1n) is 13.3. The van der Waals surface area contributed by atoms with E-state index in [1.807, 2.05) is 43.1 Å². The first-order valence-corrected chi connectivity index (χ1v) is 14.5. The Balaban J connectivity index is 1.58. The van der Waals surface area contributed by atoms with Crippen LogP contribution in [-0.4, -0.2) is 71.3 Å². The number of thiophene rings is 1. The summed E-state index contributed by atoms with van der Waals surface area (Å²) in [6, 6.07) is 6.67. The minimum absolute atomic E-state index is 0.00713. The third-order valence-electron chi connectivity index (χ3n) is 7.14. The molecule has 9 nitrogen and oxygen atoms in total. The largest absolute Gasteiger partial charge is 0.340 e. The summed E-state index contributed by atoms with van der Waals surface area (Å²) < 4.78 is 0. The maximum absolute atomic E-state index is 13.5. The van der Waals surface area contributed by atoms with Crippen LogP contribution in [0.2, 0.25) is 5.02 Å². The van der Waals surface area contributed by atoms with Crippen LogP contribution in [0.5, 0.6) is 0 Å². The van der Waals surface area contributed by atoms with Crippen molar-refractivity contribution < 1.29 is 9.59 Å². The van der Waals surface area contributed by atoms with E-state index in [0.717, 1.165) is 39.4 Å². The fraction of sp³-hybridized carbons (Fsp3) is 0.464.